The molecule has 5 atom stereocenters. The fraction of sp³-hybridized carbons (Fsp3) is 0.875. The average molecular weight is 319 g/mol. The summed E-state index contributed by atoms with van der Waals surface area (Å²) in [7, 11) is -4.57. The van der Waals surface area contributed by atoms with Crippen LogP contribution in [0.5, 0.6) is 0 Å². The number of aliphatic hydroxyl groups excluding tert-OH is 4. The first-order valence-electron chi connectivity index (χ1n) is 5.23. The molecule has 1 rings (SSSR count). The zero-order valence-corrected chi connectivity index (χ0v) is 11.2. The molecule has 0 aliphatic carbocycles. The van der Waals surface area contributed by atoms with Gasteiger partial charge in [-0.3, -0.25) is 9.35 Å². The lowest BCUT2D eigenvalue weighted by Crippen LogP contribution is -2.61. The van der Waals surface area contributed by atoms with Crippen LogP contribution in [0.15, 0.2) is 0 Å². The Morgan fingerprint density at radius 1 is 1.30 bits per heavy atom. The van der Waals surface area contributed by atoms with Crippen LogP contribution >= 0.6 is 0 Å². The SMILES string of the molecule is CC(=O)OS(=O)(=O)O.N[C@@H]1[C@@H](O)[C@H](O)[C@@H](CO)O[C@H]1O. The molecule has 20 heavy (non-hydrogen) atoms. The van der Waals surface area contributed by atoms with Crippen molar-refractivity contribution in [3.63, 3.8) is 0 Å². The van der Waals surface area contributed by atoms with E-state index in [1.54, 1.807) is 0 Å². The monoisotopic (exact) mass is 319 g/mol. The van der Waals surface area contributed by atoms with Crippen LogP contribution in [0, 0.1) is 0 Å². The van der Waals surface area contributed by atoms with Gasteiger partial charge in [0.05, 0.1) is 12.6 Å². The van der Waals surface area contributed by atoms with E-state index in [4.69, 9.17) is 25.2 Å². The Kier molecular flexibility index (Phi) is 7.46. The van der Waals surface area contributed by atoms with Crippen molar-refractivity contribution in [3.05, 3.63) is 0 Å². The van der Waals surface area contributed by atoms with Crippen molar-refractivity contribution in [2.75, 3.05) is 6.61 Å². The van der Waals surface area contributed by atoms with Gasteiger partial charge in [0.25, 0.3) is 0 Å². The van der Waals surface area contributed by atoms with E-state index in [0.717, 1.165) is 6.92 Å². The molecule has 12 heteroatoms. The third kappa shape index (κ3) is 6.53. The summed E-state index contributed by atoms with van der Waals surface area (Å²) in [6.45, 7) is 0.399. The van der Waals surface area contributed by atoms with Gasteiger partial charge >= 0.3 is 16.4 Å². The highest BCUT2D eigenvalue weighted by Crippen LogP contribution is 2.17. The van der Waals surface area contributed by atoms with E-state index in [0.29, 0.717) is 0 Å². The molecule has 1 fully saturated rings. The van der Waals surface area contributed by atoms with Gasteiger partial charge in [0.2, 0.25) is 0 Å². The van der Waals surface area contributed by atoms with Crippen LogP contribution in [0.4, 0.5) is 0 Å². The van der Waals surface area contributed by atoms with Gasteiger partial charge in [-0.15, -0.1) is 0 Å². The second-order valence-corrected chi connectivity index (χ2v) is 4.83. The molecule has 1 saturated heterocycles. The molecule has 11 nitrogen and oxygen atoms in total. The highest BCUT2D eigenvalue weighted by atomic mass is 32.3. The molecule has 0 aromatic rings. The minimum atomic E-state index is -4.57. The Labute approximate surface area is 114 Å². The molecular formula is C8H17NO10S. The minimum Gasteiger partial charge on any atom is -0.394 e. The largest absolute Gasteiger partial charge is 0.448 e. The van der Waals surface area contributed by atoms with Crippen LogP contribution in [-0.2, 0) is 24.1 Å². The average Bonchev–Trinajstić information content (AvgIpc) is 2.28. The lowest BCUT2D eigenvalue weighted by atomic mass is 9.98. The van der Waals surface area contributed by atoms with Crippen LogP contribution in [0.2, 0.25) is 0 Å². The van der Waals surface area contributed by atoms with Crippen LogP contribution in [0.3, 0.4) is 0 Å². The van der Waals surface area contributed by atoms with Crippen molar-refractivity contribution in [1.29, 1.82) is 0 Å². The summed E-state index contributed by atoms with van der Waals surface area (Å²) in [4.78, 5) is 9.70. The summed E-state index contributed by atoms with van der Waals surface area (Å²) in [6.07, 6.45) is -4.85. The molecule has 7 N–H and O–H groups in total. The second kappa shape index (κ2) is 7.80. The van der Waals surface area contributed by atoms with Gasteiger partial charge in [0.1, 0.15) is 18.3 Å². The molecule has 0 spiro atoms. The Morgan fingerprint density at radius 2 is 1.80 bits per heavy atom. The van der Waals surface area contributed by atoms with Gasteiger partial charge in [-0.1, -0.05) is 0 Å². The van der Waals surface area contributed by atoms with Crippen molar-refractivity contribution in [3.8, 4) is 0 Å². The molecular weight excluding hydrogens is 302 g/mol. The Hall–Kier alpha value is -0.860. The highest BCUT2D eigenvalue weighted by molar-refractivity contribution is 7.81. The van der Waals surface area contributed by atoms with Crippen LogP contribution < -0.4 is 5.73 Å². The maximum atomic E-state index is 9.70. The van der Waals surface area contributed by atoms with E-state index in [-0.39, 0.29) is 0 Å². The third-order valence-corrected chi connectivity index (χ3v) is 2.62. The van der Waals surface area contributed by atoms with Crippen molar-refractivity contribution >= 4 is 16.4 Å². The summed E-state index contributed by atoms with van der Waals surface area (Å²) < 4.78 is 34.9. The van der Waals surface area contributed by atoms with Gasteiger partial charge in [-0.25, -0.2) is 0 Å². The molecule has 120 valence electrons. The molecule has 0 bridgehead atoms. The van der Waals surface area contributed by atoms with Crippen molar-refractivity contribution in [1.82, 2.24) is 0 Å². The Bertz CT molecular complexity index is 407. The zero-order valence-electron chi connectivity index (χ0n) is 10.4. The maximum Gasteiger partial charge on any atom is 0.448 e. The predicted molar refractivity (Wildman–Crippen MR) is 61.3 cm³/mol. The number of carbonyl (C=O) groups is 1. The third-order valence-electron chi connectivity index (χ3n) is 2.17. The zero-order chi connectivity index (χ0) is 16.1. The highest BCUT2D eigenvalue weighted by Gasteiger charge is 2.41. The van der Waals surface area contributed by atoms with Gasteiger partial charge < -0.3 is 35.1 Å². The smallest absolute Gasteiger partial charge is 0.394 e. The van der Waals surface area contributed by atoms with Crippen molar-refractivity contribution in [2.45, 2.75) is 37.6 Å². The van der Waals surface area contributed by atoms with Gasteiger partial charge in [0, 0.05) is 6.92 Å². The number of hydrogen-bond acceptors (Lipinski definition) is 10. The van der Waals surface area contributed by atoms with E-state index in [2.05, 4.69) is 4.18 Å². The molecule has 1 aliphatic rings. The lowest BCUT2D eigenvalue weighted by molar-refractivity contribution is -0.248. The van der Waals surface area contributed by atoms with Gasteiger partial charge in [-0.2, -0.15) is 8.42 Å². The van der Waals surface area contributed by atoms with E-state index in [9.17, 15) is 23.4 Å². The van der Waals surface area contributed by atoms with Gasteiger partial charge in [0.15, 0.2) is 6.29 Å². The van der Waals surface area contributed by atoms with E-state index >= 15 is 0 Å². The molecule has 0 unspecified atom stereocenters. The van der Waals surface area contributed by atoms with E-state index in [1.807, 2.05) is 0 Å². The van der Waals surface area contributed by atoms with E-state index in [1.165, 1.54) is 0 Å². The van der Waals surface area contributed by atoms with Crippen molar-refractivity contribution < 1.29 is 47.1 Å². The molecule has 0 amide bonds. The number of ether oxygens (including phenoxy) is 1. The summed E-state index contributed by atoms with van der Waals surface area (Å²) >= 11 is 0. The Morgan fingerprint density at radius 3 is 2.10 bits per heavy atom. The molecule has 0 radical (unpaired) electrons. The van der Waals surface area contributed by atoms with Gasteiger partial charge in [-0.05, 0) is 0 Å². The summed E-state index contributed by atoms with van der Waals surface area (Å²) in [5, 5.41) is 36.1. The number of rotatable bonds is 2. The quantitative estimate of drug-likeness (QED) is 0.272. The molecule has 0 aromatic carbocycles. The van der Waals surface area contributed by atoms with Crippen LogP contribution in [0.1, 0.15) is 6.92 Å². The standard InChI is InChI=1S/C6H13NO5.C2H4O5S/c7-3-5(10)4(9)2(1-8)12-6(3)11;1-2(3)7-8(4,5)6/h2-6,8-11H,1,7H2;1H3,(H,4,5,6)/t2-,3-,4-,5-,6-;/m1./s1. The first-order chi connectivity index (χ1) is 8.99. The van der Waals surface area contributed by atoms with Crippen LogP contribution in [0.25, 0.3) is 0 Å². The predicted octanol–water partition coefficient (Wildman–Crippen LogP) is -3.90. The van der Waals surface area contributed by atoms with Crippen LogP contribution in [-0.4, -0.2) is 76.6 Å². The summed E-state index contributed by atoms with van der Waals surface area (Å²) in [5.74, 6) is -1.06. The number of hydrogen-bond donors (Lipinski definition) is 6. The molecule has 1 aliphatic heterocycles. The number of carbonyl (C=O) groups excluding carboxylic acids is 1. The summed E-state index contributed by atoms with van der Waals surface area (Å²) in [6, 6.07) is -1.04. The lowest BCUT2D eigenvalue weighted by Gasteiger charge is -2.38. The van der Waals surface area contributed by atoms with E-state index < -0.39 is 53.6 Å². The summed E-state index contributed by atoms with van der Waals surface area (Å²) in [5.41, 5.74) is 5.26. The molecule has 0 saturated carbocycles. The number of aliphatic hydroxyl groups is 4. The Balaban J connectivity index is 0.000000396. The minimum absolute atomic E-state index is 0.470. The first kappa shape index (κ1) is 19.1. The molecule has 1 heterocycles. The number of nitrogens with two attached hydrogens (primary N) is 1. The second-order valence-electron chi connectivity index (χ2n) is 3.81. The molecule has 0 aromatic heterocycles. The topological polar surface area (TPSA) is 197 Å². The van der Waals surface area contributed by atoms with Crippen molar-refractivity contribution in [2.24, 2.45) is 5.73 Å². The fourth-order valence-electron chi connectivity index (χ4n) is 1.27. The maximum absolute atomic E-state index is 9.70. The fourth-order valence-corrected chi connectivity index (χ4v) is 1.56. The normalized spacial score (nSPS) is 33.9. The first-order valence-corrected chi connectivity index (χ1v) is 6.59.